The normalized spacial score (nSPS) is 25.7. The summed E-state index contributed by atoms with van der Waals surface area (Å²) < 4.78 is 5.56. The summed E-state index contributed by atoms with van der Waals surface area (Å²) in [5, 5.41) is 10.3. The van der Waals surface area contributed by atoms with E-state index < -0.39 is 12.0 Å². The van der Waals surface area contributed by atoms with Crippen molar-refractivity contribution in [2.75, 3.05) is 13.1 Å². The van der Waals surface area contributed by atoms with Gasteiger partial charge in [-0.3, -0.25) is 9.69 Å². The van der Waals surface area contributed by atoms with Crippen LogP contribution < -0.4 is 5.73 Å². The molecule has 1 aromatic rings. The van der Waals surface area contributed by atoms with Gasteiger partial charge in [-0.1, -0.05) is 6.07 Å². The Morgan fingerprint density at radius 1 is 1.32 bits per heavy atom. The number of aryl methyl sites for hydroxylation is 2. The van der Waals surface area contributed by atoms with E-state index in [4.69, 9.17) is 10.5 Å². The topological polar surface area (TPSA) is 75.8 Å². The maximum atomic E-state index is 11.4. The number of amides is 1. The maximum absolute atomic E-state index is 11.4. The molecule has 3 N–H and O–H groups in total. The highest BCUT2D eigenvalue weighted by Gasteiger charge is 2.29. The molecule has 1 amide bonds. The molecule has 22 heavy (non-hydrogen) atoms. The second kappa shape index (κ2) is 6.26. The van der Waals surface area contributed by atoms with Gasteiger partial charge in [0.1, 0.15) is 11.9 Å². The van der Waals surface area contributed by atoms with E-state index in [0.717, 1.165) is 24.9 Å². The van der Waals surface area contributed by atoms with Crippen LogP contribution in [0.4, 0.5) is 0 Å². The highest BCUT2D eigenvalue weighted by atomic mass is 16.5. The van der Waals surface area contributed by atoms with Crippen molar-refractivity contribution in [3.63, 3.8) is 0 Å². The van der Waals surface area contributed by atoms with Gasteiger partial charge in [0, 0.05) is 25.2 Å². The number of hydrogen-bond acceptors (Lipinski definition) is 4. The minimum Gasteiger partial charge on any atom is -0.508 e. The van der Waals surface area contributed by atoms with Crippen molar-refractivity contribution in [1.82, 2.24) is 4.90 Å². The number of ether oxygens (including phenoxy) is 1. The zero-order chi connectivity index (χ0) is 15.7. The summed E-state index contributed by atoms with van der Waals surface area (Å²) >= 11 is 0. The molecule has 5 heteroatoms. The molecular weight excluding hydrogens is 280 g/mol. The van der Waals surface area contributed by atoms with Gasteiger partial charge in [0.25, 0.3) is 0 Å². The summed E-state index contributed by atoms with van der Waals surface area (Å²) in [6.07, 6.45) is 3.96. The lowest BCUT2D eigenvalue weighted by Gasteiger charge is -2.35. The second-order valence-electron chi connectivity index (χ2n) is 6.49. The molecule has 1 aliphatic heterocycles. The van der Waals surface area contributed by atoms with E-state index in [0.29, 0.717) is 18.8 Å². The first-order chi connectivity index (χ1) is 10.5. The number of benzene rings is 1. The summed E-state index contributed by atoms with van der Waals surface area (Å²) in [4.78, 5) is 13.5. The Labute approximate surface area is 131 Å². The molecular formula is C17H24N2O3. The van der Waals surface area contributed by atoms with Crippen LogP contribution in [0.5, 0.6) is 5.75 Å². The molecule has 2 aliphatic rings. The van der Waals surface area contributed by atoms with E-state index in [9.17, 15) is 9.90 Å². The lowest BCUT2D eigenvalue weighted by molar-refractivity contribution is -0.142. The minimum atomic E-state index is -0.566. The summed E-state index contributed by atoms with van der Waals surface area (Å²) in [6, 6.07) is 4.04. The highest BCUT2D eigenvalue weighted by Crippen LogP contribution is 2.29. The van der Waals surface area contributed by atoms with Gasteiger partial charge in [0.2, 0.25) is 5.91 Å². The molecule has 120 valence electrons. The number of carbonyl (C=O) groups excluding carboxylic acids is 1. The lowest BCUT2D eigenvalue weighted by atomic mass is 9.90. The number of carbonyl (C=O) groups is 1. The van der Waals surface area contributed by atoms with Crippen molar-refractivity contribution in [3.05, 3.63) is 28.8 Å². The third-order valence-corrected chi connectivity index (χ3v) is 4.59. The number of phenols is 1. The van der Waals surface area contributed by atoms with Gasteiger partial charge >= 0.3 is 0 Å². The number of nitrogens with zero attached hydrogens (tertiary/aromatic N) is 1. The number of hydrogen-bond donors (Lipinski definition) is 2. The van der Waals surface area contributed by atoms with Crippen LogP contribution in [-0.2, 0) is 28.9 Å². The van der Waals surface area contributed by atoms with Crippen LogP contribution >= 0.6 is 0 Å². The number of fused-ring (bicyclic) bond motifs is 1. The molecule has 5 nitrogen and oxygen atoms in total. The smallest absolute Gasteiger partial charge is 0.247 e. The molecule has 1 saturated heterocycles. The van der Waals surface area contributed by atoms with Crippen LogP contribution in [0, 0.1) is 0 Å². The summed E-state index contributed by atoms with van der Waals surface area (Å²) in [6.45, 7) is 3.78. The van der Waals surface area contributed by atoms with Gasteiger partial charge < -0.3 is 15.6 Å². The van der Waals surface area contributed by atoms with Crippen molar-refractivity contribution in [1.29, 1.82) is 0 Å². The van der Waals surface area contributed by atoms with Crippen LogP contribution in [-0.4, -0.2) is 41.2 Å². The van der Waals surface area contributed by atoms with Gasteiger partial charge in [-0.2, -0.15) is 0 Å². The van der Waals surface area contributed by atoms with Crippen LogP contribution in [0.2, 0.25) is 0 Å². The van der Waals surface area contributed by atoms with Gasteiger partial charge in [0.15, 0.2) is 0 Å². The predicted molar refractivity (Wildman–Crippen MR) is 83.6 cm³/mol. The van der Waals surface area contributed by atoms with Crippen LogP contribution in [0.3, 0.4) is 0 Å². The molecule has 1 unspecified atom stereocenters. The van der Waals surface area contributed by atoms with E-state index in [1.807, 2.05) is 13.0 Å². The Balaban J connectivity index is 1.76. The average Bonchev–Trinajstić information content (AvgIpc) is 2.47. The molecule has 0 aromatic heterocycles. The van der Waals surface area contributed by atoms with Gasteiger partial charge in [0.05, 0.1) is 6.10 Å². The van der Waals surface area contributed by atoms with Gasteiger partial charge in [-0.05, 0) is 49.8 Å². The third kappa shape index (κ3) is 3.25. The van der Waals surface area contributed by atoms with E-state index in [2.05, 4.69) is 11.0 Å². The Morgan fingerprint density at radius 2 is 2.00 bits per heavy atom. The van der Waals surface area contributed by atoms with Crippen LogP contribution in [0.1, 0.15) is 36.5 Å². The molecule has 1 aliphatic carbocycles. The molecule has 0 bridgehead atoms. The number of phenolic OH excluding ortho intramolecular Hbond substituents is 1. The van der Waals surface area contributed by atoms with E-state index >= 15 is 0 Å². The minimum absolute atomic E-state index is 0.0361. The lowest BCUT2D eigenvalue weighted by Crippen LogP contribution is -2.51. The number of primary amides is 1. The molecule has 3 rings (SSSR count). The van der Waals surface area contributed by atoms with Crippen LogP contribution in [0.15, 0.2) is 12.1 Å². The fraction of sp³-hybridized carbons (Fsp3) is 0.588. The van der Waals surface area contributed by atoms with Gasteiger partial charge in [-0.25, -0.2) is 0 Å². The van der Waals surface area contributed by atoms with E-state index in [-0.39, 0.29) is 6.10 Å². The fourth-order valence-corrected chi connectivity index (χ4v) is 3.52. The zero-order valence-electron chi connectivity index (χ0n) is 13.0. The molecule has 1 heterocycles. The van der Waals surface area contributed by atoms with E-state index in [1.54, 1.807) is 0 Å². The molecule has 1 aromatic carbocycles. The first-order valence-corrected chi connectivity index (χ1v) is 8.03. The molecule has 1 fully saturated rings. The standard InChI is InChI=1S/C17H24N2O3/c1-11-8-19(10-16(22-11)17(18)21)9-14-6-12-4-2-3-5-13(12)7-15(14)20/h6-7,11,16,20H,2-5,8-10H2,1H3,(H2,18,21)/t11-,16?/m1/s1. The number of morpholine rings is 1. The summed E-state index contributed by atoms with van der Waals surface area (Å²) in [5.74, 6) is -0.0679. The zero-order valence-corrected chi connectivity index (χ0v) is 13.0. The fourth-order valence-electron chi connectivity index (χ4n) is 3.52. The first-order valence-electron chi connectivity index (χ1n) is 8.03. The quantitative estimate of drug-likeness (QED) is 0.884. The van der Waals surface area contributed by atoms with Crippen molar-refractivity contribution >= 4 is 5.91 Å². The van der Waals surface area contributed by atoms with E-state index in [1.165, 1.54) is 24.0 Å². The highest BCUT2D eigenvalue weighted by molar-refractivity contribution is 5.79. The molecule has 2 atom stereocenters. The molecule has 0 saturated carbocycles. The Kier molecular flexibility index (Phi) is 4.36. The van der Waals surface area contributed by atoms with Crippen molar-refractivity contribution in [2.45, 2.75) is 51.4 Å². The third-order valence-electron chi connectivity index (χ3n) is 4.59. The predicted octanol–water partition coefficient (Wildman–Crippen LogP) is 1.35. The first kappa shape index (κ1) is 15.3. The molecule has 0 radical (unpaired) electrons. The summed E-state index contributed by atoms with van der Waals surface area (Å²) in [5.41, 5.74) is 8.92. The van der Waals surface area contributed by atoms with Crippen LogP contribution in [0.25, 0.3) is 0 Å². The largest absolute Gasteiger partial charge is 0.508 e. The van der Waals surface area contributed by atoms with Gasteiger partial charge in [-0.15, -0.1) is 0 Å². The van der Waals surface area contributed by atoms with Crippen molar-refractivity contribution < 1.29 is 14.6 Å². The average molecular weight is 304 g/mol. The van der Waals surface area contributed by atoms with Crippen molar-refractivity contribution in [3.8, 4) is 5.75 Å². The van der Waals surface area contributed by atoms with Crippen molar-refractivity contribution in [2.24, 2.45) is 5.73 Å². The summed E-state index contributed by atoms with van der Waals surface area (Å²) in [7, 11) is 0. The molecule has 0 spiro atoms. The Bertz CT molecular complexity index is 573. The SMILES string of the molecule is C[C@@H]1CN(Cc2cc3c(cc2O)CCCC3)CC(C(N)=O)O1. The number of aromatic hydroxyl groups is 1. The Morgan fingerprint density at radius 3 is 2.68 bits per heavy atom. The number of rotatable bonds is 3. The number of nitrogens with two attached hydrogens (primary N) is 1. The second-order valence-corrected chi connectivity index (χ2v) is 6.49. The Hall–Kier alpha value is -1.59. The maximum Gasteiger partial charge on any atom is 0.247 e. The monoisotopic (exact) mass is 304 g/mol.